The zero-order chi connectivity index (χ0) is 22.6. The van der Waals surface area contributed by atoms with Crippen molar-refractivity contribution in [2.45, 2.75) is 30.7 Å². The van der Waals surface area contributed by atoms with Gasteiger partial charge in [-0.3, -0.25) is 9.69 Å². The fourth-order valence-corrected chi connectivity index (χ4v) is 5.82. The minimum atomic E-state index is -3.70. The second kappa shape index (κ2) is 9.89. The number of fused-ring (bicyclic) bond motifs is 1. The fraction of sp³-hybridized carbons (Fsp3) is 0.435. The van der Waals surface area contributed by atoms with Gasteiger partial charge in [-0.2, -0.15) is 4.31 Å². The number of methoxy groups -OCH3 is 1. The second-order valence-corrected chi connectivity index (χ2v) is 9.95. The lowest BCUT2D eigenvalue weighted by molar-refractivity contribution is -0.117. The van der Waals surface area contributed by atoms with E-state index in [0.717, 1.165) is 30.6 Å². The van der Waals surface area contributed by atoms with Gasteiger partial charge in [0.1, 0.15) is 23.0 Å². The van der Waals surface area contributed by atoms with Crippen molar-refractivity contribution < 1.29 is 22.7 Å². The number of rotatable bonds is 6. The molecule has 32 heavy (non-hydrogen) atoms. The molecular formula is C23H29N3O5S. The van der Waals surface area contributed by atoms with Gasteiger partial charge in [-0.1, -0.05) is 24.6 Å². The molecule has 1 N–H and O–H groups in total. The van der Waals surface area contributed by atoms with Gasteiger partial charge >= 0.3 is 0 Å². The molecule has 9 heteroatoms. The molecule has 4 rings (SSSR count). The van der Waals surface area contributed by atoms with E-state index in [1.165, 1.54) is 17.5 Å². The summed E-state index contributed by atoms with van der Waals surface area (Å²) < 4.78 is 38.9. The summed E-state index contributed by atoms with van der Waals surface area (Å²) in [6.45, 7) is 2.92. The van der Waals surface area contributed by atoms with Crippen LogP contribution in [0.3, 0.4) is 0 Å². The molecule has 8 nitrogen and oxygen atoms in total. The van der Waals surface area contributed by atoms with Crippen molar-refractivity contribution in [1.29, 1.82) is 0 Å². The normalized spacial score (nSPS) is 17.7. The number of sulfonamides is 1. The van der Waals surface area contributed by atoms with Gasteiger partial charge in [0.2, 0.25) is 15.9 Å². The Bertz CT molecular complexity index is 1070. The molecule has 0 aromatic heterocycles. The van der Waals surface area contributed by atoms with E-state index in [2.05, 4.69) is 5.32 Å². The molecule has 2 aliphatic heterocycles. The molecule has 1 saturated heterocycles. The van der Waals surface area contributed by atoms with Crippen LogP contribution in [0.4, 0.5) is 5.69 Å². The Kier molecular flexibility index (Phi) is 6.98. The smallest absolute Gasteiger partial charge is 0.246 e. The number of benzene rings is 2. The number of hydrogen-bond donors (Lipinski definition) is 1. The van der Waals surface area contributed by atoms with E-state index >= 15 is 0 Å². The molecule has 0 bridgehead atoms. The molecule has 2 aliphatic rings. The van der Waals surface area contributed by atoms with E-state index in [9.17, 15) is 13.2 Å². The number of carbonyl (C=O) groups excluding carboxylic acids is 1. The molecule has 0 saturated carbocycles. The summed E-state index contributed by atoms with van der Waals surface area (Å²) in [6, 6.07) is 12.5. The molecule has 172 valence electrons. The molecule has 0 unspecified atom stereocenters. The number of nitrogens with zero attached hydrogens (tertiary/aromatic N) is 2. The Balaban J connectivity index is 1.47. The fourth-order valence-electron chi connectivity index (χ4n) is 4.12. The van der Waals surface area contributed by atoms with Crippen molar-refractivity contribution in [2.24, 2.45) is 0 Å². The highest BCUT2D eigenvalue weighted by Crippen LogP contribution is 2.31. The SMILES string of the molecule is COc1ccc(NC(=O)CN2CCOc3ccccc3C2)cc1S(=O)(=O)N1CCCCC1. The first kappa shape index (κ1) is 22.6. The van der Waals surface area contributed by atoms with Crippen LogP contribution < -0.4 is 14.8 Å². The van der Waals surface area contributed by atoms with Crippen LogP contribution in [0.2, 0.25) is 0 Å². The van der Waals surface area contributed by atoms with E-state index in [1.807, 2.05) is 29.2 Å². The van der Waals surface area contributed by atoms with E-state index in [-0.39, 0.29) is 23.1 Å². The first-order chi connectivity index (χ1) is 15.5. The molecule has 0 radical (unpaired) electrons. The number of anilines is 1. The average molecular weight is 460 g/mol. The quantitative estimate of drug-likeness (QED) is 0.715. The summed E-state index contributed by atoms with van der Waals surface area (Å²) in [6.07, 6.45) is 2.73. The van der Waals surface area contributed by atoms with Crippen LogP contribution in [-0.4, -0.2) is 63.4 Å². The molecule has 1 fully saturated rings. The summed E-state index contributed by atoms with van der Waals surface area (Å²) in [7, 11) is -2.25. The predicted molar refractivity (Wildman–Crippen MR) is 121 cm³/mol. The number of ether oxygens (including phenoxy) is 2. The number of hydrogen-bond acceptors (Lipinski definition) is 6. The van der Waals surface area contributed by atoms with Gasteiger partial charge in [0, 0.05) is 37.4 Å². The van der Waals surface area contributed by atoms with Gasteiger partial charge in [0.05, 0.1) is 13.7 Å². The Hall–Kier alpha value is -2.62. The first-order valence-corrected chi connectivity index (χ1v) is 12.3. The van der Waals surface area contributed by atoms with Gasteiger partial charge in [0.15, 0.2) is 0 Å². The van der Waals surface area contributed by atoms with Gasteiger partial charge in [-0.25, -0.2) is 8.42 Å². The first-order valence-electron chi connectivity index (χ1n) is 10.9. The third-order valence-electron chi connectivity index (χ3n) is 5.78. The van der Waals surface area contributed by atoms with Crippen molar-refractivity contribution in [3.05, 3.63) is 48.0 Å². The third kappa shape index (κ3) is 5.06. The minimum Gasteiger partial charge on any atom is -0.495 e. The highest BCUT2D eigenvalue weighted by molar-refractivity contribution is 7.89. The number of carbonyl (C=O) groups is 1. The van der Waals surface area contributed by atoms with Crippen LogP contribution in [0.1, 0.15) is 24.8 Å². The second-order valence-electron chi connectivity index (χ2n) is 8.05. The van der Waals surface area contributed by atoms with Crippen molar-refractivity contribution in [3.63, 3.8) is 0 Å². The van der Waals surface area contributed by atoms with Gasteiger partial charge < -0.3 is 14.8 Å². The van der Waals surface area contributed by atoms with Crippen LogP contribution in [0.5, 0.6) is 11.5 Å². The monoisotopic (exact) mass is 459 g/mol. The van der Waals surface area contributed by atoms with Crippen LogP contribution in [0.25, 0.3) is 0 Å². The summed E-state index contributed by atoms with van der Waals surface area (Å²) in [4.78, 5) is 14.8. The van der Waals surface area contributed by atoms with Crippen LogP contribution >= 0.6 is 0 Å². The molecule has 2 aromatic carbocycles. The summed E-state index contributed by atoms with van der Waals surface area (Å²) >= 11 is 0. The number of amides is 1. The lowest BCUT2D eigenvalue weighted by Crippen LogP contribution is -2.36. The third-order valence-corrected chi connectivity index (χ3v) is 7.70. The van der Waals surface area contributed by atoms with E-state index in [1.54, 1.807) is 12.1 Å². The Labute approximate surface area is 189 Å². The predicted octanol–water partition coefficient (Wildman–Crippen LogP) is 2.70. The zero-order valence-corrected chi connectivity index (χ0v) is 19.1. The number of para-hydroxylation sites is 1. The van der Waals surface area contributed by atoms with Crippen molar-refractivity contribution in [2.75, 3.05) is 45.2 Å². The average Bonchev–Trinajstić information content (AvgIpc) is 3.01. The van der Waals surface area contributed by atoms with Gasteiger partial charge in [0.25, 0.3) is 0 Å². The lowest BCUT2D eigenvalue weighted by Gasteiger charge is -2.26. The largest absolute Gasteiger partial charge is 0.495 e. The maximum atomic E-state index is 13.2. The molecular weight excluding hydrogens is 430 g/mol. The van der Waals surface area contributed by atoms with Crippen molar-refractivity contribution >= 4 is 21.6 Å². The minimum absolute atomic E-state index is 0.0804. The Morgan fingerprint density at radius 2 is 1.88 bits per heavy atom. The number of nitrogens with one attached hydrogen (secondary N) is 1. The summed E-state index contributed by atoms with van der Waals surface area (Å²) in [5.74, 6) is 0.906. The zero-order valence-electron chi connectivity index (χ0n) is 18.2. The van der Waals surface area contributed by atoms with Gasteiger partial charge in [-0.05, 0) is 37.1 Å². The number of piperidine rings is 1. The summed E-state index contributed by atoms with van der Waals surface area (Å²) in [5, 5.41) is 2.84. The highest BCUT2D eigenvalue weighted by Gasteiger charge is 2.29. The van der Waals surface area contributed by atoms with Crippen LogP contribution in [0.15, 0.2) is 47.4 Å². The molecule has 0 spiro atoms. The Morgan fingerprint density at radius 3 is 2.66 bits per heavy atom. The van der Waals surface area contributed by atoms with Crippen molar-refractivity contribution in [3.8, 4) is 11.5 Å². The standard InChI is InChI=1S/C23H29N3O5S/c1-30-21-10-9-19(15-22(21)32(28,29)26-11-5-2-6-12-26)24-23(27)17-25-13-14-31-20-8-4-3-7-18(20)16-25/h3-4,7-10,15H,2,5-6,11-14,16-17H2,1H3,(H,24,27). The van der Waals surface area contributed by atoms with Crippen LogP contribution in [0, 0.1) is 0 Å². The molecule has 2 heterocycles. The topological polar surface area (TPSA) is 88.2 Å². The molecule has 1 amide bonds. The maximum absolute atomic E-state index is 13.2. The molecule has 2 aromatic rings. The lowest BCUT2D eigenvalue weighted by atomic mass is 10.2. The van der Waals surface area contributed by atoms with Crippen LogP contribution in [-0.2, 0) is 21.4 Å². The summed E-state index contributed by atoms with van der Waals surface area (Å²) in [5.41, 5.74) is 1.47. The molecule has 0 aliphatic carbocycles. The van der Waals surface area contributed by atoms with Gasteiger partial charge in [-0.15, -0.1) is 0 Å². The highest BCUT2D eigenvalue weighted by atomic mass is 32.2. The van der Waals surface area contributed by atoms with E-state index in [0.29, 0.717) is 38.5 Å². The van der Waals surface area contributed by atoms with E-state index < -0.39 is 10.0 Å². The van der Waals surface area contributed by atoms with E-state index in [4.69, 9.17) is 9.47 Å². The van der Waals surface area contributed by atoms with Crippen molar-refractivity contribution in [1.82, 2.24) is 9.21 Å². The Morgan fingerprint density at radius 1 is 1.09 bits per heavy atom. The maximum Gasteiger partial charge on any atom is 0.246 e. The molecule has 0 atom stereocenters.